The number of methoxy groups -OCH3 is 1. The molecule has 1 aromatic heterocycles. The predicted molar refractivity (Wildman–Crippen MR) is 107 cm³/mol. The second-order valence-electron chi connectivity index (χ2n) is 5.69. The number of pyridine rings is 1. The van der Waals surface area contributed by atoms with Crippen molar-refractivity contribution in [2.45, 2.75) is 44.8 Å². The van der Waals surface area contributed by atoms with Gasteiger partial charge in [-0.25, -0.2) is 4.98 Å². The number of hydrogen-bond acceptors (Lipinski definition) is 4. The van der Waals surface area contributed by atoms with Crippen molar-refractivity contribution in [3.8, 4) is 5.88 Å². The van der Waals surface area contributed by atoms with Crippen LogP contribution in [0.2, 0.25) is 0 Å². The van der Waals surface area contributed by atoms with E-state index in [4.69, 9.17) is 9.47 Å². The van der Waals surface area contributed by atoms with Crippen LogP contribution < -0.4 is 15.4 Å². The van der Waals surface area contributed by atoms with Gasteiger partial charge in [0.2, 0.25) is 5.88 Å². The Balaban J connectivity index is 0.00000288. The van der Waals surface area contributed by atoms with E-state index in [0.717, 1.165) is 49.8 Å². The molecule has 0 unspecified atom stereocenters. The van der Waals surface area contributed by atoms with E-state index in [2.05, 4.69) is 20.6 Å². The molecule has 0 spiro atoms. The third-order valence-corrected chi connectivity index (χ3v) is 3.92. The van der Waals surface area contributed by atoms with Gasteiger partial charge < -0.3 is 20.1 Å². The van der Waals surface area contributed by atoms with Gasteiger partial charge in [-0.3, -0.25) is 4.99 Å². The van der Waals surface area contributed by atoms with Crippen LogP contribution in [0.3, 0.4) is 0 Å². The second-order valence-corrected chi connectivity index (χ2v) is 5.69. The lowest BCUT2D eigenvalue weighted by Gasteiger charge is -2.16. The summed E-state index contributed by atoms with van der Waals surface area (Å²) < 4.78 is 11.1. The van der Waals surface area contributed by atoms with Crippen molar-refractivity contribution < 1.29 is 9.47 Å². The minimum Gasteiger partial charge on any atom is -0.474 e. The van der Waals surface area contributed by atoms with Gasteiger partial charge in [-0.15, -0.1) is 24.0 Å². The van der Waals surface area contributed by atoms with Crippen molar-refractivity contribution in [2.24, 2.45) is 4.99 Å². The summed E-state index contributed by atoms with van der Waals surface area (Å²) in [4.78, 5) is 8.62. The number of ether oxygens (including phenoxy) is 2. The molecular weight excluding hydrogens is 419 g/mol. The zero-order valence-corrected chi connectivity index (χ0v) is 16.9. The molecule has 0 amide bonds. The maximum Gasteiger partial charge on any atom is 0.218 e. The third kappa shape index (κ3) is 7.21. The molecule has 0 aromatic carbocycles. The van der Waals surface area contributed by atoms with Crippen molar-refractivity contribution in [3.63, 3.8) is 0 Å². The van der Waals surface area contributed by atoms with Crippen molar-refractivity contribution >= 4 is 29.9 Å². The fourth-order valence-electron chi connectivity index (χ4n) is 2.65. The number of nitrogens with one attached hydrogen (secondary N) is 2. The molecule has 1 saturated carbocycles. The topological polar surface area (TPSA) is 67.8 Å². The molecule has 1 heterocycles. The first kappa shape index (κ1) is 21.0. The number of rotatable bonds is 8. The average molecular weight is 448 g/mol. The normalized spacial score (nSPS) is 15.0. The summed E-state index contributed by atoms with van der Waals surface area (Å²) in [6, 6.07) is 3.98. The van der Waals surface area contributed by atoms with E-state index >= 15 is 0 Å². The molecule has 1 aromatic rings. The molecule has 1 aliphatic carbocycles. The number of aromatic nitrogens is 1. The molecule has 0 aliphatic heterocycles. The van der Waals surface area contributed by atoms with Crippen molar-refractivity contribution in [3.05, 3.63) is 23.9 Å². The standard InChI is InChI=1S/C17H28N4O2.HI/c1-18-17(20-11-6-12-22-2)21-13-14-7-5-10-19-16(14)23-15-8-3-4-9-15;/h5,7,10,15H,3-4,6,8-9,11-13H2,1-2H3,(H2,18,20,21);1H. The Labute approximate surface area is 161 Å². The van der Waals surface area contributed by atoms with Gasteiger partial charge in [0, 0.05) is 45.6 Å². The summed E-state index contributed by atoms with van der Waals surface area (Å²) in [6.45, 7) is 2.21. The molecule has 0 atom stereocenters. The Morgan fingerprint density at radius 2 is 2.12 bits per heavy atom. The quantitative estimate of drug-likeness (QED) is 0.277. The maximum atomic E-state index is 6.06. The van der Waals surface area contributed by atoms with Crippen LogP contribution in [-0.2, 0) is 11.3 Å². The molecule has 0 saturated heterocycles. The minimum atomic E-state index is 0. The molecule has 1 fully saturated rings. The van der Waals surface area contributed by atoms with Gasteiger partial charge >= 0.3 is 0 Å². The van der Waals surface area contributed by atoms with Crippen LogP contribution in [0.1, 0.15) is 37.7 Å². The molecular formula is C17H29IN4O2. The smallest absolute Gasteiger partial charge is 0.218 e. The maximum absolute atomic E-state index is 6.06. The Morgan fingerprint density at radius 1 is 1.33 bits per heavy atom. The van der Waals surface area contributed by atoms with Crippen LogP contribution in [0.4, 0.5) is 0 Å². The SMILES string of the molecule is CN=C(NCCCOC)NCc1cccnc1OC1CCCC1.I. The van der Waals surface area contributed by atoms with Crippen LogP contribution >= 0.6 is 24.0 Å². The summed E-state index contributed by atoms with van der Waals surface area (Å²) in [5.74, 6) is 1.51. The lowest BCUT2D eigenvalue weighted by atomic mass is 10.2. The van der Waals surface area contributed by atoms with E-state index in [1.54, 1.807) is 20.4 Å². The van der Waals surface area contributed by atoms with E-state index < -0.39 is 0 Å². The van der Waals surface area contributed by atoms with Gasteiger partial charge in [-0.05, 0) is 38.2 Å². The van der Waals surface area contributed by atoms with Crippen molar-refractivity contribution in [1.29, 1.82) is 0 Å². The summed E-state index contributed by atoms with van der Waals surface area (Å²) in [6.07, 6.45) is 7.81. The Bertz CT molecular complexity index is 493. The molecule has 6 nitrogen and oxygen atoms in total. The molecule has 1 aliphatic rings. The Morgan fingerprint density at radius 3 is 2.83 bits per heavy atom. The third-order valence-electron chi connectivity index (χ3n) is 3.92. The van der Waals surface area contributed by atoms with E-state index in [0.29, 0.717) is 12.6 Å². The van der Waals surface area contributed by atoms with Gasteiger partial charge in [-0.2, -0.15) is 0 Å². The zero-order chi connectivity index (χ0) is 16.3. The van der Waals surface area contributed by atoms with E-state index in [9.17, 15) is 0 Å². The average Bonchev–Trinajstić information content (AvgIpc) is 3.08. The van der Waals surface area contributed by atoms with Crippen LogP contribution in [0.15, 0.2) is 23.3 Å². The van der Waals surface area contributed by atoms with Crippen LogP contribution in [0.25, 0.3) is 0 Å². The van der Waals surface area contributed by atoms with Gasteiger partial charge in [0.15, 0.2) is 5.96 Å². The fraction of sp³-hybridized carbons (Fsp3) is 0.647. The number of halogens is 1. The monoisotopic (exact) mass is 448 g/mol. The summed E-state index contributed by atoms with van der Waals surface area (Å²) in [7, 11) is 3.48. The van der Waals surface area contributed by atoms with Crippen molar-refractivity contribution in [2.75, 3.05) is 27.3 Å². The highest BCUT2D eigenvalue weighted by Crippen LogP contribution is 2.24. The van der Waals surface area contributed by atoms with Gasteiger partial charge in [0.1, 0.15) is 6.10 Å². The highest BCUT2D eigenvalue weighted by Gasteiger charge is 2.18. The number of guanidine groups is 1. The van der Waals surface area contributed by atoms with Crippen LogP contribution in [-0.4, -0.2) is 44.4 Å². The van der Waals surface area contributed by atoms with Crippen LogP contribution in [0, 0.1) is 0 Å². The van der Waals surface area contributed by atoms with E-state index in [1.807, 2.05) is 12.1 Å². The lowest BCUT2D eigenvalue weighted by Crippen LogP contribution is -2.37. The van der Waals surface area contributed by atoms with E-state index in [1.165, 1.54) is 12.8 Å². The first-order valence-corrected chi connectivity index (χ1v) is 8.37. The summed E-state index contributed by atoms with van der Waals surface area (Å²) >= 11 is 0. The molecule has 24 heavy (non-hydrogen) atoms. The summed E-state index contributed by atoms with van der Waals surface area (Å²) in [5.41, 5.74) is 1.05. The minimum absolute atomic E-state index is 0. The molecule has 2 N–H and O–H groups in total. The molecule has 136 valence electrons. The highest BCUT2D eigenvalue weighted by molar-refractivity contribution is 14.0. The number of aliphatic imine (C=N–C) groups is 1. The van der Waals surface area contributed by atoms with E-state index in [-0.39, 0.29) is 24.0 Å². The molecule has 0 radical (unpaired) electrons. The first-order chi connectivity index (χ1) is 11.3. The largest absolute Gasteiger partial charge is 0.474 e. The summed E-state index contributed by atoms with van der Waals surface area (Å²) in [5, 5.41) is 6.57. The Kier molecular flexibility index (Phi) is 10.7. The lowest BCUT2D eigenvalue weighted by molar-refractivity contribution is 0.195. The van der Waals surface area contributed by atoms with Gasteiger partial charge in [0.05, 0.1) is 0 Å². The molecule has 2 rings (SSSR count). The molecule has 7 heteroatoms. The second kappa shape index (κ2) is 12.3. The van der Waals surface area contributed by atoms with Gasteiger partial charge in [0.25, 0.3) is 0 Å². The first-order valence-electron chi connectivity index (χ1n) is 8.37. The molecule has 0 bridgehead atoms. The highest BCUT2D eigenvalue weighted by atomic mass is 127. The Hall–Kier alpha value is -1.09. The predicted octanol–water partition coefficient (Wildman–Crippen LogP) is 2.72. The fourth-order valence-corrected chi connectivity index (χ4v) is 2.65. The van der Waals surface area contributed by atoms with Crippen LogP contribution in [0.5, 0.6) is 5.88 Å². The number of hydrogen-bond donors (Lipinski definition) is 2. The van der Waals surface area contributed by atoms with Crippen molar-refractivity contribution in [1.82, 2.24) is 15.6 Å². The van der Waals surface area contributed by atoms with Gasteiger partial charge in [-0.1, -0.05) is 6.07 Å². The zero-order valence-electron chi connectivity index (χ0n) is 14.6. The number of nitrogens with zero attached hydrogens (tertiary/aromatic N) is 2.